The summed E-state index contributed by atoms with van der Waals surface area (Å²) in [5, 5.41) is 12.0. The highest BCUT2D eigenvalue weighted by atomic mass is 16.3. The van der Waals surface area contributed by atoms with Crippen molar-refractivity contribution >= 4 is 5.91 Å². The van der Waals surface area contributed by atoms with Crippen molar-refractivity contribution < 1.29 is 9.90 Å². The van der Waals surface area contributed by atoms with E-state index in [1.807, 2.05) is 13.8 Å². The Labute approximate surface area is 93.3 Å². The molecule has 0 rings (SSSR count). The number of hydrogen-bond donors (Lipinski definition) is 2. The van der Waals surface area contributed by atoms with Crippen LogP contribution in [-0.4, -0.2) is 23.2 Å². The number of carbonyl (C=O) groups is 1. The Morgan fingerprint density at radius 1 is 1.27 bits per heavy atom. The van der Waals surface area contributed by atoms with Gasteiger partial charge in [0.05, 0.1) is 12.1 Å². The van der Waals surface area contributed by atoms with Gasteiger partial charge in [0.25, 0.3) is 0 Å². The first-order valence-electron chi connectivity index (χ1n) is 5.89. The van der Waals surface area contributed by atoms with E-state index < -0.39 is 5.54 Å². The van der Waals surface area contributed by atoms with Crippen molar-refractivity contribution in [3.63, 3.8) is 0 Å². The topological polar surface area (TPSA) is 49.3 Å². The Bertz CT molecular complexity index is 184. The zero-order valence-corrected chi connectivity index (χ0v) is 10.5. The molecule has 0 unspecified atom stereocenters. The highest BCUT2D eigenvalue weighted by molar-refractivity contribution is 5.79. The molecule has 0 aromatic rings. The van der Waals surface area contributed by atoms with E-state index in [0.717, 1.165) is 25.7 Å². The van der Waals surface area contributed by atoms with Gasteiger partial charge in [0, 0.05) is 5.92 Å². The second kappa shape index (κ2) is 6.83. The zero-order chi connectivity index (χ0) is 11.9. The molecule has 0 aromatic heterocycles. The normalized spacial score (nSPS) is 11.9. The minimum absolute atomic E-state index is 0.0241. The molecule has 3 heteroatoms. The summed E-state index contributed by atoms with van der Waals surface area (Å²) < 4.78 is 0. The maximum absolute atomic E-state index is 11.9. The maximum Gasteiger partial charge on any atom is 0.223 e. The van der Waals surface area contributed by atoms with Crippen molar-refractivity contribution in [2.24, 2.45) is 5.92 Å². The molecule has 0 aliphatic rings. The lowest BCUT2D eigenvalue weighted by Crippen LogP contribution is -2.48. The highest BCUT2D eigenvalue weighted by Gasteiger charge is 2.24. The molecule has 0 aliphatic carbocycles. The van der Waals surface area contributed by atoms with E-state index in [0.29, 0.717) is 0 Å². The Balaban J connectivity index is 4.24. The van der Waals surface area contributed by atoms with Crippen molar-refractivity contribution in [2.45, 2.75) is 58.9 Å². The van der Waals surface area contributed by atoms with E-state index in [2.05, 4.69) is 19.2 Å². The van der Waals surface area contributed by atoms with Crippen molar-refractivity contribution in [3.05, 3.63) is 0 Å². The largest absolute Gasteiger partial charge is 0.394 e. The Morgan fingerprint density at radius 2 is 1.73 bits per heavy atom. The van der Waals surface area contributed by atoms with E-state index in [9.17, 15) is 4.79 Å². The first kappa shape index (κ1) is 14.4. The lowest BCUT2D eigenvalue weighted by molar-refractivity contribution is -0.127. The summed E-state index contributed by atoms with van der Waals surface area (Å²) in [5.41, 5.74) is -0.503. The SMILES string of the molecule is CCCC(CCC)C(=O)NC(C)(C)CO. The molecule has 0 bridgehead atoms. The van der Waals surface area contributed by atoms with Gasteiger partial charge in [-0.25, -0.2) is 0 Å². The highest BCUT2D eigenvalue weighted by Crippen LogP contribution is 2.15. The molecular weight excluding hydrogens is 190 g/mol. The molecule has 0 aromatic carbocycles. The van der Waals surface area contributed by atoms with Crippen LogP contribution in [0.25, 0.3) is 0 Å². The second-order valence-electron chi connectivity index (χ2n) is 4.81. The summed E-state index contributed by atoms with van der Waals surface area (Å²) in [6, 6.07) is 0. The average Bonchev–Trinajstić information content (AvgIpc) is 2.17. The number of amides is 1. The number of carbonyl (C=O) groups excluding carboxylic acids is 1. The molecule has 0 saturated heterocycles. The van der Waals surface area contributed by atoms with Gasteiger partial charge in [0.1, 0.15) is 0 Å². The predicted molar refractivity (Wildman–Crippen MR) is 62.6 cm³/mol. The molecule has 3 nitrogen and oxygen atoms in total. The molecule has 0 heterocycles. The van der Waals surface area contributed by atoms with Gasteiger partial charge in [-0.2, -0.15) is 0 Å². The monoisotopic (exact) mass is 215 g/mol. The molecule has 2 N–H and O–H groups in total. The van der Waals surface area contributed by atoms with Crippen LogP contribution in [0.15, 0.2) is 0 Å². The molecule has 90 valence electrons. The van der Waals surface area contributed by atoms with Crippen molar-refractivity contribution in [2.75, 3.05) is 6.61 Å². The van der Waals surface area contributed by atoms with Crippen LogP contribution < -0.4 is 5.32 Å². The van der Waals surface area contributed by atoms with Gasteiger partial charge >= 0.3 is 0 Å². The summed E-state index contributed by atoms with van der Waals surface area (Å²) in [5.74, 6) is 0.184. The fourth-order valence-corrected chi connectivity index (χ4v) is 1.58. The van der Waals surface area contributed by atoms with Crippen LogP contribution in [0.1, 0.15) is 53.4 Å². The first-order chi connectivity index (χ1) is 6.96. The molecule has 0 radical (unpaired) electrons. The van der Waals surface area contributed by atoms with Gasteiger partial charge < -0.3 is 10.4 Å². The number of rotatable bonds is 7. The molecule has 15 heavy (non-hydrogen) atoms. The van der Waals surface area contributed by atoms with Gasteiger partial charge in [0.2, 0.25) is 5.91 Å². The Morgan fingerprint density at radius 3 is 2.07 bits per heavy atom. The van der Waals surface area contributed by atoms with Gasteiger partial charge in [-0.15, -0.1) is 0 Å². The van der Waals surface area contributed by atoms with Crippen LogP contribution in [-0.2, 0) is 4.79 Å². The third-order valence-electron chi connectivity index (χ3n) is 2.50. The van der Waals surface area contributed by atoms with E-state index in [1.165, 1.54) is 0 Å². The number of aliphatic hydroxyl groups excluding tert-OH is 1. The number of nitrogens with one attached hydrogen (secondary N) is 1. The van der Waals surface area contributed by atoms with Crippen LogP contribution in [0.2, 0.25) is 0 Å². The van der Waals surface area contributed by atoms with Gasteiger partial charge in [-0.3, -0.25) is 4.79 Å². The van der Waals surface area contributed by atoms with Gasteiger partial charge in [0.15, 0.2) is 0 Å². The number of aliphatic hydroxyl groups is 1. The van der Waals surface area contributed by atoms with Crippen molar-refractivity contribution in [1.82, 2.24) is 5.32 Å². The Kier molecular flexibility index (Phi) is 6.57. The molecule has 0 aliphatic heterocycles. The molecule has 0 fully saturated rings. The summed E-state index contributed by atoms with van der Waals surface area (Å²) >= 11 is 0. The van der Waals surface area contributed by atoms with Crippen LogP contribution in [0.4, 0.5) is 0 Å². The summed E-state index contributed by atoms with van der Waals surface area (Å²) in [6.07, 6.45) is 3.91. The number of hydrogen-bond acceptors (Lipinski definition) is 2. The second-order valence-corrected chi connectivity index (χ2v) is 4.81. The molecule has 0 spiro atoms. The Hall–Kier alpha value is -0.570. The minimum Gasteiger partial charge on any atom is -0.394 e. The smallest absolute Gasteiger partial charge is 0.223 e. The minimum atomic E-state index is -0.503. The van der Waals surface area contributed by atoms with E-state index in [1.54, 1.807) is 0 Å². The molecule has 0 atom stereocenters. The quantitative estimate of drug-likeness (QED) is 0.683. The van der Waals surface area contributed by atoms with Crippen molar-refractivity contribution in [3.8, 4) is 0 Å². The van der Waals surface area contributed by atoms with E-state index >= 15 is 0 Å². The lowest BCUT2D eigenvalue weighted by Gasteiger charge is -2.26. The van der Waals surface area contributed by atoms with Gasteiger partial charge in [-0.05, 0) is 26.7 Å². The van der Waals surface area contributed by atoms with Crippen LogP contribution in [0, 0.1) is 5.92 Å². The van der Waals surface area contributed by atoms with E-state index in [-0.39, 0.29) is 18.4 Å². The standard InChI is InChI=1S/C12H25NO2/c1-5-7-10(8-6-2)11(15)13-12(3,4)9-14/h10,14H,5-9H2,1-4H3,(H,13,15). The molecular formula is C12H25NO2. The summed E-state index contributed by atoms with van der Waals surface area (Å²) in [6.45, 7) is 7.82. The van der Waals surface area contributed by atoms with Gasteiger partial charge in [-0.1, -0.05) is 26.7 Å². The van der Waals surface area contributed by atoms with Crippen molar-refractivity contribution in [1.29, 1.82) is 0 Å². The fraction of sp³-hybridized carbons (Fsp3) is 0.917. The third kappa shape index (κ3) is 5.78. The molecule has 0 saturated carbocycles. The van der Waals surface area contributed by atoms with E-state index in [4.69, 9.17) is 5.11 Å². The third-order valence-corrected chi connectivity index (χ3v) is 2.50. The molecule has 1 amide bonds. The lowest BCUT2D eigenvalue weighted by atomic mass is 9.95. The van der Waals surface area contributed by atoms with Crippen LogP contribution >= 0.6 is 0 Å². The predicted octanol–water partition coefficient (Wildman–Crippen LogP) is 2.09. The fourth-order valence-electron chi connectivity index (χ4n) is 1.58. The van der Waals surface area contributed by atoms with Crippen LogP contribution in [0.5, 0.6) is 0 Å². The first-order valence-corrected chi connectivity index (χ1v) is 5.89. The average molecular weight is 215 g/mol. The summed E-state index contributed by atoms with van der Waals surface area (Å²) in [4.78, 5) is 11.9. The zero-order valence-electron chi connectivity index (χ0n) is 10.5. The van der Waals surface area contributed by atoms with Crippen LogP contribution in [0.3, 0.4) is 0 Å². The summed E-state index contributed by atoms with van der Waals surface area (Å²) in [7, 11) is 0. The maximum atomic E-state index is 11.9.